The summed E-state index contributed by atoms with van der Waals surface area (Å²) in [6.45, 7) is 2.21. The molecular formula is C12H12N3O2. The van der Waals surface area contributed by atoms with Crippen molar-refractivity contribution in [3.8, 4) is 11.3 Å². The van der Waals surface area contributed by atoms with E-state index in [1.54, 1.807) is 19.2 Å². The van der Waals surface area contributed by atoms with Crippen LogP contribution in [0.15, 0.2) is 30.5 Å². The van der Waals surface area contributed by atoms with Crippen LogP contribution in [0.25, 0.3) is 11.3 Å². The van der Waals surface area contributed by atoms with Crippen LogP contribution < -0.4 is 0 Å². The highest BCUT2D eigenvalue weighted by molar-refractivity contribution is 5.69. The quantitative estimate of drug-likeness (QED) is 0.743. The van der Waals surface area contributed by atoms with Gasteiger partial charge in [0.25, 0.3) is 0 Å². The molecule has 5 nitrogen and oxygen atoms in total. The van der Waals surface area contributed by atoms with E-state index in [4.69, 9.17) is 4.74 Å². The third-order valence-electron chi connectivity index (χ3n) is 2.12. The maximum absolute atomic E-state index is 11.2. The Kier molecular flexibility index (Phi) is 3.49. The van der Waals surface area contributed by atoms with E-state index >= 15 is 0 Å². The molecule has 0 aliphatic carbocycles. The van der Waals surface area contributed by atoms with Crippen molar-refractivity contribution in [1.82, 2.24) is 15.0 Å². The molecule has 0 fully saturated rings. The summed E-state index contributed by atoms with van der Waals surface area (Å²) < 4.78 is 6.28. The number of carbonyl (C=O) groups excluding carboxylic acids is 1. The molecule has 2 rings (SSSR count). The van der Waals surface area contributed by atoms with Gasteiger partial charge in [0.2, 0.25) is 0 Å². The van der Waals surface area contributed by atoms with Gasteiger partial charge in [-0.1, -0.05) is 29.5 Å². The number of nitrogens with zero attached hydrogens (tertiary/aromatic N) is 3. The first-order valence-electron chi connectivity index (χ1n) is 5.32. The first kappa shape index (κ1) is 11.3. The van der Waals surface area contributed by atoms with Crippen LogP contribution in [0.1, 0.15) is 6.92 Å². The van der Waals surface area contributed by atoms with E-state index in [1.165, 1.54) is 4.68 Å². The topological polar surface area (TPSA) is 57.0 Å². The van der Waals surface area contributed by atoms with Gasteiger partial charge in [0, 0.05) is 5.56 Å². The number of carbonyl (C=O) groups is 1. The van der Waals surface area contributed by atoms with E-state index in [-0.39, 0.29) is 12.5 Å². The Morgan fingerprint density at radius 2 is 2.41 bits per heavy atom. The molecule has 1 heterocycles. The lowest BCUT2D eigenvalue weighted by atomic mass is 10.2. The molecule has 5 heteroatoms. The summed E-state index contributed by atoms with van der Waals surface area (Å²) in [7, 11) is 0. The van der Waals surface area contributed by atoms with Gasteiger partial charge in [-0.2, -0.15) is 0 Å². The van der Waals surface area contributed by atoms with Gasteiger partial charge in [0.05, 0.1) is 12.8 Å². The van der Waals surface area contributed by atoms with Crippen molar-refractivity contribution >= 4 is 5.97 Å². The van der Waals surface area contributed by atoms with Crippen LogP contribution in [0.3, 0.4) is 0 Å². The molecule has 87 valence electrons. The normalized spacial score (nSPS) is 10.2. The minimum Gasteiger partial charge on any atom is -0.465 e. The number of hydrogen-bond donors (Lipinski definition) is 0. The van der Waals surface area contributed by atoms with Crippen LogP contribution in [0.2, 0.25) is 0 Å². The summed E-state index contributed by atoms with van der Waals surface area (Å²) in [6, 6.07) is 10.5. The van der Waals surface area contributed by atoms with Crippen molar-refractivity contribution in [2.75, 3.05) is 6.61 Å². The summed E-state index contributed by atoms with van der Waals surface area (Å²) in [5.74, 6) is -0.319. The van der Waals surface area contributed by atoms with E-state index in [2.05, 4.69) is 16.4 Å². The zero-order valence-corrected chi connectivity index (χ0v) is 9.46. The minimum atomic E-state index is -0.319. The SMILES string of the molecule is CCOC(=O)Cn1cc(-c2[c]cccc2)nn1. The second-order valence-corrected chi connectivity index (χ2v) is 3.38. The number of esters is 1. The van der Waals surface area contributed by atoms with Crippen molar-refractivity contribution in [3.05, 3.63) is 36.5 Å². The van der Waals surface area contributed by atoms with Gasteiger partial charge in [-0.25, -0.2) is 4.68 Å². The lowest BCUT2D eigenvalue weighted by molar-refractivity contribution is -0.144. The van der Waals surface area contributed by atoms with Gasteiger partial charge in [-0.15, -0.1) is 5.10 Å². The van der Waals surface area contributed by atoms with Gasteiger partial charge in [0.15, 0.2) is 0 Å². The molecular weight excluding hydrogens is 218 g/mol. The smallest absolute Gasteiger partial charge is 0.327 e. The molecule has 0 atom stereocenters. The number of hydrogen-bond acceptors (Lipinski definition) is 4. The van der Waals surface area contributed by atoms with Crippen LogP contribution in [0, 0.1) is 6.07 Å². The van der Waals surface area contributed by atoms with Crippen molar-refractivity contribution in [1.29, 1.82) is 0 Å². The molecule has 0 aliphatic heterocycles. The van der Waals surface area contributed by atoms with Gasteiger partial charge >= 0.3 is 5.97 Å². The standard InChI is InChI=1S/C12H12N3O2/c1-2-17-12(16)9-15-8-11(13-14-15)10-6-4-3-5-7-10/h3-6,8H,2,9H2,1H3. The zero-order valence-electron chi connectivity index (χ0n) is 9.46. The van der Waals surface area contributed by atoms with Crippen molar-refractivity contribution in [3.63, 3.8) is 0 Å². The predicted octanol–water partition coefficient (Wildman–Crippen LogP) is 1.31. The lowest BCUT2D eigenvalue weighted by Gasteiger charge is -1.99. The highest BCUT2D eigenvalue weighted by atomic mass is 16.5. The van der Waals surface area contributed by atoms with E-state index in [1.807, 2.05) is 18.2 Å². The van der Waals surface area contributed by atoms with E-state index < -0.39 is 0 Å². The molecule has 0 saturated carbocycles. The Balaban J connectivity index is 2.09. The van der Waals surface area contributed by atoms with Crippen LogP contribution in [-0.2, 0) is 16.1 Å². The maximum Gasteiger partial charge on any atom is 0.327 e. The maximum atomic E-state index is 11.2. The molecule has 17 heavy (non-hydrogen) atoms. The summed E-state index contributed by atoms with van der Waals surface area (Å²) in [5, 5.41) is 7.83. The summed E-state index contributed by atoms with van der Waals surface area (Å²) in [4.78, 5) is 11.2. The third-order valence-corrected chi connectivity index (χ3v) is 2.12. The molecule has 2 aromatic rings. The average Bonchev–Trinajstić information content (AvgIpc) is 2.79. The van der Waals surface area contributed by atoms with Crippen molar-refractivity contribution < 1.29 is 9.53 Å². The van der Waals surface area contributed by atoms with Crippen molar-refractivity contribution in [2.24, 2.45) is 0 Å². The highest BCUT2D eigenvalue weighted by Gasteiger charge is 2.07. The Labute approximate surface area is 99.0 Å². The molecule has 1 aromatic heterocycles. The van der Waals surface area contributed by atoms with Crippen molar-refractivity contribution in [2.45, 2.75) is 13.5 Å². The molecule has 0 saturated heterocycles. The fourth-order valence-electron chi connectivity index (χ4n) is 1.39. The first-order valence-corrected chi connectivity index (χ1v) is 5.32. The van der Waals surface area contributed by atoms with Gasteiger partial charge < -0.3 is 4.74 Å². The van der Waals surface area contributed by atoms with Crippen LogP contribution in [0.5, 0.6) is 0 Å². The molecule has 0 spiro atoms. The van der Waals surface area contributed by atoms with Crippen LogP contribution >= 0.6 is 0 Å². The fourth-order valence-corrected chi connectivity index (χ4v) is 1.39. The second kappa shape index (κ2) is 5.25. The van der Waals surface area contributed by atoms with E-state index in [0.717, 1.165) is 5.56 Å². The Morgan fingerprint density at radius 1 is 1.53 bits per heavy atom. The van der Waals surface area contributed by atoms with E-state index in [9.17, 15) is 4.79 Å². The Morgan fingerprint density at radius 3 is 3.12 bits per heavy atom. The predicted molar refractivity (Wildman–Crippen MR) is 60.9 cm³/mol. The third kappa shape index (κ3) is 2.90. The fraction of sp³-hybridized carbons (Fsp3) is 0.250. The minimum absolute atomic E-state index is 0.0771. The molecule has 0 aliphatic rings. The van der Waals surface area contributed by atoms with Gasteiger partial charge in [-0.3, -0.25) is 4.79 Å². The zero-order chi connectivity index (χ0) is 12.1. The highest BCUT2D eigenvalue weighted by Crippen LogP contribution is 2.13. The Bertz CT molecular complexity index is 493. The molecule has 1 aromatic carbocycles. The molecule has 0 bridgehead atoms. The molecule has 0 unspecified atom stereocenters. The summed E-state index contributed by atoms with van der Waals surface area (Å²) in [6.07, 6.45) is 1.70. The number of benzene rings is 1. The van der Waals surface area contributed by atoms with Crippen LogP contribution in [-0.4, -0.2) is 27.6 Å². The first-order chi connectivity index (χ1) is 8.29. The second-order valence-electron chi connectivity index (χ2n) is 3.38. The average molecular weight is 230 g/mol. The molecule has 0 N–H and O–H groups in total. The summed E-state index contributed by atoms with van der Waals surface area (Å²) in [5.41, 5.74) is 1.54. The number of aromatic nitrogens is 3. The number of ether oxygens (including phenoxy) is 1. The monoisotopic (exact) mass is 230 g/mol. The summed E-state index contributed by atoms with van der Waals surface area (Å²) >= 11 is 0. The van der Waals surface area contributed by atoms with Crippen LogP contribution in [0.4, 0.5) is 0 Å². The molecule has 1 radical (unpaired) electrons. The Hall–Kier alpha value is -2.17. The number of rotatable bonds is 4. The molecule has 0 amide bonds. The lowest BCUT2D eigenvalue weighted by Crippen LogP contribution is -2.13. The van der Waals surface area contributed by atoms with Gasteiger partial charge in [0.1, 0.15) is 12.2 Å². The van der Waals surface area contributed by atoms with E-state index in [0.29, 0.717) is 12.3 Å². The van der Waals surface area contributed by atoms with Gasteiger partial charge in [-0.05, 0) is 13.0 Å². The largest absolute Gasteiger partial charge is 0.465 e.